The van der Waals surface area contributed by atoms with E-state index in [0.29, 0.717) is 6.54 Å². The van der Waals surface area contributed by atoms with Crippen molar-refractivity contribution in [1.29, 1.82) is 0 Å². The molecule has 0 atom stereocenters. The van der Waals surface area contributed by atoms with Crippen molar-refractivity contribution in [2.45, 2.75) is 38.8 Å². The summed E-state index contributed by atoms with van der Waals surface area (Å²) >= 11 is 0. The van der Waals surface area contributed by atoms with E-state index in [9.17, 15) is 9.59 Å². The normalized spacial score (nSPS) is 15.2. The van der Waals surface area contributed by atoms with Gasteiger partial charge in [-0.25, -0.2) is 0 Å². The van der Waals surface area contributed by atoms with Gasteiger partial charge < -0.3 is 10.2 Å². The van der Waals surface area contributed by atoms with Gasteiger partial charge in [0.25, 0.3) is 0 Å². The van der Waals surface area contributed by atoms with Crippen LogP contribution in [0.1, 0.15) is 37.1 Å². The van der Waals surface area contributed by atoms with E-state index in [1.807, 2.05) is 4.90 Å². The Hall–Kier alpha value is -2.77. The molecule has 1 aliphatic rings. The van der Waals surface area contributed by atoms with E-state index in [1.54, 1.807) is 42.5 Å². The number of aromatic nitrogens is 4. The zero-order chi connectivity index (χ0) is 17.6. The van der Waals surface area contributed by atoms with Crippen LogP contribution in [0.5, 0.6) is 0 Å². The standard InChI is InChI=1S/C17H22N6O2/c1-13(24)22-9-3-14(4-10-22)17-15(18-6-7-19-17)11-20-16(25)12-23-8-2-5-21-23/h2,5-8,14H,3-4,9-12H2,1H3,(H,20,25). The van der Waals surface area contributed by atoms with E-state index in [0.717, 1.165) is 37.3 Å². The van der Waals surface area contributed by atoms with Gasteiger partial charge in [-0.3, -0.25) is 24.2 Å². The first kappa shape index (κ1) is 17.1. The second-order valence-corrected chi connectivity index (χ2v) is 6.15. The topological polar surface area (TPSA) is 93.0 Å². The van der Waals surface area contributed by atoms with Gasteiger partial charge in [0.2, 0.25) is 11.8 Å². The molecule has 25 heavy (non-hydrogen) atoms. The lowest BCUT2D eigenvalue weighted by molar-refractivity contribution is -0.129. The van der Waals surface area contributed by atoms with Gasteiger partial charge in [-0.15, -0.1) is 0 Å². The van der Waals surface area contributed by atoms with Crippen LogP contribution in [0.25, 0.3) is 0 Å². The van der Waals surface area contributed by atoms with Gasteiger partial charge in [-0.2, -0.15) is 5.10 Å². The van der Waals surface area contributed by atoms with Crippen LogP contribution in [0.15, 0.2) is 30.9 Å². The summed E-state index contributed by atoms with van der Waals surface area (Å²) in [5.74, 6) is 0.262. The first-order valence-electron chi connectivity index (χ1n) is 8.43. The summed E-state index contributed by atoms with van der Waals surface area (Å²) in [6.45, 7) is 3.60. The lowest BCUT2D eigenvalue weighted by atomic mass is 9.92. The zero-order valence-electron chi connectivity index (χ0n) is 14.3. The Kier molecular flexibility index (Phi) is 5.37. The van der Waals surface area contributed by atoms with Crippen LogP contribution >= 0.6 is 0 Å². The predicted octanol–water partition coefficient (Wildman–Crippen LogP) is 0.715. The highest BCUT2D eigenvalue weighted by molar-refractivity contribution is 5.75. The van der Waals surface area contributed by atoms with Crippen molar-refractivity contribution >= 4 is 11.8 Å². The van der Waals surface area contributed by atoms with Gasteiger partial charge in [0, 0.05) is 50.7 Å². The number of amides is 2. The van der Waals surface area contributed by atoms with Crippen LogP contribution in [-0.2, 0) is 22.7 Å². The maximum Gasteiger partial charge on any atom is 0.242 e. The van der Waals surface area contributed by atoms with Crippen LogP contribution in [0.3, 0.4) is 0 Å². The van der Waals surface area contributed by atoms with E-state index in [1.165, 1.54) is 0 Å². The third-order valence-corrected chi connectivity index (χ3v) is 4.45. The van der Waals surface area contributed by atoms with Crippen LogP contribution < -0.4 is 5.32 Å². The van der Waals surface area contributed by atoms with E-state index in [4.69, 9.17) is 0 Å². The van der Waals surface area contributed by atoms with Crippen molar-refractivity contribution in [3.05, 3.63) is 42.2 Å². The van der Waals surface area contributed by atoms with Crippen LogP contribution in [-0.4, -0.2) is 49.6 Å². The van der Waals surface area contributed by atoms with E-state index in [-0.39, 0.29) is 24.3 Å². The number of carbonyl (C=O) groups excluding carboxylic acids is 2. The Labute approximate surface area is 146 Å². The number of carbonyl (C=O) groups is 2. The highest BCUT2D eigenvalue weighted by atomic mass is 16.2. The number of nitrogens with one attached hydrogen (secondary N) is 1. The first-order valence-corrected chi connectivity index (χ1v) is 8.43. The molecule has 2 aromatic heterocycles. The molecular formula is C17H22N6O2. The van der Waals surface area contributed by atoms with Crippen molar-refractivity contribution < 1.29 is 9.59 Å². The second kappa shape index (κ2) is 7.87. The molecule has 0 unspecified atom stereocenters. The molecule has 0 bridgehead atoms. The molecule has 1 aliphatic heterocycles. The van der Waals surface area contributed by atoms with E-state index >= 15 is 0 Å². The third-order valence-electron chi connectivity index (χ3n) is 4.45. The lowest BCUT2D eigenvalue weighted by Gasteiger charge is -2.31. The molecule has 0 radical (unpaired) electrons. The van der Waals surface area contributed by atoms with Crippen LogP contribution in [0.2, 0.25) is 0 Å². The minimum absolute atomic E-state index is 0.115. The quantitative estimate of drug-likeness (QED) is 0.864. The molecule has 8 heteroatoms. The van der Waals surface area contributed by atoms with Crippen molar-refractivity contribution in [2.24, 2.45) is 0 Å². The molecular weight excluding hydrogens is 320 g/mol. The van der Waals surface area contributed by atoms with E-state index in [2.05, 4.69) is 20.4 Å². The molecule has 1 saturated heterocycles. The fourth-order valence-corrected chi connectivity index (χ4v) is 3.10. The molecule has 1 fully saturated rings. The number of piperidine rings is 1. The van der Waals surface area contributed by atoms with Crippen molar-refractivity contribution in [3.63, 3.8) is 0 Å². The Morgan fingerprint density at radius 3 is 2.64 bits per heavy atom. The molecule has 1 N–H and O–H groups in total. The molecule has 132 valence electrons. The van der Waals surface area contributed by atoms with Crippen molar-refractivity contribution in [1.82, 2.24) is 30.0 Å². The third kappa shape index (κ3) is 4.40. The highest BCUT2D eigenvalue weighted by Crippen LogP contribution is 2.28. The summed E-state index contributed by atoms with van der Waals surface area (Å²) in [6, 6.07) is 1.78. The summed E-state index contributed by atoms with van der Waals surface area (Å²) in [5.41, 5.74) is 1.71. The summed E-state index contributed by atoms with van der Waals surface area (Å²) < 4.78 is 1.57. The number of likely N-dealkylation sites (tertiary alicyclic amines) is 1. The predicted molar refractivity (Wildman–Crippen MR) is 90.3 cm³/mol. The minimum Gasteiger partial charge on any atom is -0.349 e. The van der Waals surface area contributed by atoms with Crippen LogP contribution in [0.4, 0.5) is 0 Å². The second-order valence-electron chi connectivity index (χ2n) is 6.15. The molecule has 8 nitrogen and oxygen atoms in total. The average Bonchev–Trinajstić information content (AvgIpc) is 3.13. The molecule has 0 saturated carbocycles. The van der Waals surface area contributed by atoms with Crippen molar-refractivity contribution in [2.75, 3.05) is 13.1 Å². The SMILES string of the molecule is CC(=O)N1CCC(c2nccnc2CNC(=O)Cn2cccn2)CC1. The van der Waals surface area contributed by atoms with Gasteiger partial charge >= 0.3 is 0 Å². The highest BCUT2D eigenvalue weighted by Gasteiger charge is 2.25. The van der Waals surface area contributed by atoms with Gasteiger partial charge in [0.15, 0.2) is 0 Å². The molecule has 3 heterocycles. The molecule has 3 rings (SSSR count). The lowest BCUT2D eigenvalue weighted by Crippen LogP contribution is -2.37. The summed E-state index contributed by atoms with van der Waals surface area (Å²) in [5, 5.41) is 6.90. The fourth-order valence-electron chi connectivity index (χ4n) is 3.10. The first-order chi connectivity index (χ1) is 12.1. The Morgan fingerprint density at radius 1 is 1.20 bits per heavy atom. The van der Waals surface area contributed by atoms with Crippen LogP contribution in [0, 0.1) is 0 Å². The largest absolute Gasteiger partial charge is 0.349 e. The maximum atomic E-state index is 12.0. The molecule has 2 aromatic rings. The van der Waals surface area contributed by atoms with E-state index < -0.39 is 0 Å². The maximum absolute atomic E-state index is 12.0. The smallest absolute Gasteiger partial charge is 0.242 e. The fraction of sp³-hybridized carbons (Fsp3) is 0.471. The number of nitrogens with zero attached hydrogens (tertiary/aromatic N) is 5. The zero-order valence-corrected chi connectivity index (χ0v) is 14.3. The Balaban J connectivity index is 1.59. The number of hydrogen-bond acceptors (Lipinski definition) is 5. The molecule has 0 spiro atoms. The summed E-state index contributed by atoms with van der Waals surface area (Å²) in [4.78, 5) is 34.2. The minimum atomic E-state index is -0.119. The summed E-state index contributed by atoms with van der Waals surface area (Å²) in [6.07, 6.45) is 8.45. The average molecular weight is 342 g/mol. The van der Waals surface area contributed by atoms with Gasteiger partial charge in [-0.1, -0.05) is 0 Å². The monoisotopic (exact) mass is 342 g/mol. The Morgan fingerprint density at radius 2 is 1.96 bits per heavy atom. The van der Waals surface area contributed by atoms with Gasteiger partial charge in [0.1, 0.15) is 6.54 Å². The number of rotatable bonds is 5. The summed E-state index contributed by atoms with van der Waals surface area (Å²) in [7, 11) is 0. The van der Waals surface area contributed by atoms with Gasteiger partial charge in [-0.05, 0) is 18.9 Å². The molecule has 0 aromatic carbocycles. The molecule has 2 amide bonds. The van der Waals surface area contributed by atoms with Crippen molar-refractivity contribution in [3.8, 4) is 0 Å². The Bertz CT molecular complexity index is 722. The number of hydrogen-bond donors (Lipinski definition) is 1. The molecule has 0 aliphatic carbocycles. The van der Waals surface area contributed by atoms with Gasteiger partial charge in [0.05, 0.1) is 17.9 Å².